The first-order valence-electron chi connectivity index (χ1n) is 9.75. The smallest absolute Gasteiger partial charge is 0.266 e. The van der Waals surface area contributed by atoms with Crippen LogP contribution in [0.2, 0.25) is 0 Å². The highest BCUT2D eigenvalue weighted by atomic mass is 32.2. The molecular weight excluding hydrogens is 410 g/mol. The van der Waals surface area contributed by atoms with E-state index in [9.17, 15) is 4.79 Å². The van der Waals surface area contributed by atoms with Crippen molar-refractivity contribution in [1.29, 1.82) is 0 Å². The van der Waals surface area contributed by atoms with Crippen molar-refractivity contribution in [2.45, 2.75) is 13.0 Å². The van der Waals surface area contributed by atoms with Gasteiger partial charge in [0.2, 0.25) is 0 Å². The molecule has 1 saturated heterocycles. The van der Waals surface area contributed by atoms with Gasteiger partial charge in [-0.15, -0.1) is 0 Å². The lowest BCUT2D eigenvalue weighted by Crippen LogP contribution is -2.30. The number of amides is 1. The monoisotopic (exact) mass is 431 g/mol. The molecule has 1 fully saturated rings. The molecular formula is C25H21NO2S2. The number of hydrogen-bond donors (Lipinski definition) is 0. The zero-order valence-electron chi connectivity index (χ0n) is 16.4. The van der Waals surface area contributed by atoms with Crippen LogP contribution in [0, 0.1) is 0 Å². The number of nitrogens with zero attached hydrogens (tertiary/aromatic N) is 1. The second kappa shape index (κ2) is 9.74. The third-order valence-corrected chi connectivity index (χ3v) is 6.12. The van der Waals surface area contributed by atoms with Gasteiger partial charge in [-0.3, -0.25) is 9.69 Å². The number of ether oxygens (including phenoxy) is 1. The Balaban J connectivity index is 1.41. The van der Waals surface area contributed by atoms with E-state index in [1.54, 1.807) is 4.90 Å². The molecule has 1 aliphatic heterocycles. The Morgan fingerprint density at radius 3 is 2.33 bits per heavy atom. The molecule has 0 unspecified atom stereocenters. The molecule has 1 amide bonds. The van der Waals surface area contributed by atoms with E-state index in [4.69, 9.17) is 17.0 Å². The molecule has 0 spiro atoms. The van der Waals surface area contributed by atoms with Crippen LogP contribution in [0.25, 0.3) is 6.08 Å². The van der Waals surface area contributed by atoms with Crippen molar-refractivity contribution in [2.75, 3.05) is 6.54 Å². The van der Waals surface area contributed by atoms with E-state index in [0.717, 1.165) is 23.3 Å². The van der Waals surface area contributed by atoms with Crippen LogP contribution in [-0.4, -0.2) is 21.7 Å². The van der Waals surface area contributed by atoms with Gasteiger partial charge in [0, 0.05) is 6.54 Å². The number of hydrogen-bond acceptors (Lipinski definition) is 4. The van der Waals surface area contributed by atoms with E-state index in [0.29, 0.717) is 22.4 Å². The summed E-state index contributed by atoms with van der Waals surface area (Å²) in [6.07, 6.45) is 2.67. The van der Waals surface area contributed by atoms with Crippen molar-refractivity contribution in [3.05, 3.63) is 107 Å². The van der Waals surface area contributed by atoms with Gasteiger partial charge in [0.05, 0.1) is 4.91 Å². The molecule has 3 nitrogen and oxygen atoms in total. The fourth-order valence-corrected chi connectivity index (χ4v) is 4.47. The summed E-state index contributed by atoms with van der Waals surface area (Å²) in [7, 11) is 0. The lowest BCUT2D eigenvalue weighted by Gasteiger charge is -2.14. The Labute approximate surface area is 186 Å². The summed E-state index contributed by atoms with van der Waals surface area (Å²) in [5, 5.41) is 0. The first-order valence-corrected chi connectivity index (χ1v) is 11.0. The molecule has 0 N–H and O–H groups in total. The highest BCUT2D eigenvalue weighted by Gasteiger charge is 2.31. The van der Waals surface area contributed by atoms with E-state index >= 15 is 0 Å². The topological polar surface area (TPSA) is 29.5 Å². The van der Waals surface area contributed by atoms with Gasteiger partial charge >= 0.3 is 0 Å². The maximum atomic E-state index is 12.9. The fourth-order valence-electron chi connectivity index (χ4n) is 3.16. The second-order valence-electron chi connectivity index (χ2n) is 6.92. The van der Waals surface area contributed by atoms with Crippen LogP contribution >= 0.6 is 24.0 Å². The van der Waals surface area contributed by atoms with Crippen molar-refractivity contribution < 1.29 is 9.53 Å². The third kappa shape index (κ3) is 5.17. The Kier molecular flexibility index (Phi) is 6.62. The molecule has 0 radical (unpaired) electrons. The maximum Gasteiger partial charge on any atom is 0.266 e. The molecule has 3 aromatic rings. The minimum Gasteiger partial charge on any atom is -0.489 e. The molecule has 0 aromatic heterocycles. The fraction of sp³-hybridized carbons (Fsp3) is 0.120. The van der Waals surface area contributed by atoms with E-state index in [1.807, 2.05) is 78.9 Å². The highest BCUT2D eigenvalue weighted by molar-refractivity contribution is 8.26. The van der Waals surface area contributed by atoms with Crippen molar-refractivity contribution in [1.82, 2.24) is 4.90 Å². The molecule has 5 heteroatoms. The van der Waals surface area contributed by atoms with Gasteiger partial charge in [0.25, 0.3) is 5.91 Å². The summed E-state index contributed by atoms with van der Waals surface area (Å²) in [6.45, 7) is 1.10. The first-order chi connectivity index (χ1) is 14.7. The number of thioether (sulfide) groups is 1. The van der Waals surface area contributed by atoms with E-state index < -0.39 is 0 Å². The van der Waals surface area contributed by atoms with E-state index in [-0.39, 0.29) is 5.91 Å². The molecule has 150 valence electrons. The molecule has 0 bridgehead atoms. The summed E-state index contributed by atoms with van der Waals surface area (Å²) in [4.78, 5) is 15.2. The van der Waals surface area contributed by atoms with Crippen molar-refractivity contribution in [3.8, 4) is 5.75 Å². The van der Waals surface area contributed by atoms with Crippen LogP contribution in [0.4, 0.5) is 0 Å². The third-order valence-electron chi connectivity index (χ3n) is 4.74. The Morgan fingerprint density at radius 2 is 1.60 bits per heavy atom. The molecule has 30 heavy (non-hydrogen) atoms. The highest BCUT2D eigenvalue weighted by Crippen LogP contribution is 2.33. The van der Waals surface area contributed by atoms with Crippen LogP contribution in [-0.2, 0) is 17.8 Å². The molecule has 1 aliphatic rings. The van der Waals surface area contributed by atoms with Crippen LogP contribution in [0.5, 0.6) is 5.75 Å². The van der Waals surface area contributed by atoms with E-state index in [2.05, 4.69) is 12.1 Å². The van der Waals surface area contributed by atoms with Gasteiger partial charge in [-0.25, -0.2) is 0 Å². The first kappa shape index (κ1) is 20.4. The minimum absolute atomic E-state index is 0.0310. The summed E-state index contributed by atoms with van der Waals surface area (Å²) in [5.74, 6) is 0.740. The van der Waals surface area contributed by atoms with Crippen LogP contribution in [0.15, 0.2) is 89.8 Å². The maximum absolute atomic E-state index is 12.9. The van der Waals surface area contributed by atoms with Crippen molar-refractivity contribution in [2.24, 2.45) is 0 Å². The number of carbonyl (C=O) groups is 1. The van der Waals surface area contributed by atoms with Crippen molar-refractivity contribution >= 4 is 40.3 Å². The number of rotatable bonds is 7. The molecule has 3 aromatic carbocycles. The number of carbonyl (C=O) groups excluding carboxylic acids is 1. The normalized spacial score (nSPS) is 15.1. The predicted octanol–water partition coefficient (Wildman–Crippen LogP) is 5.71. The summed E-state index contributed by atoms with van der Waals surface area (Å²) in [6, 6.07) is 27.9. The van der Waals surface area contributed by atoms with Crippen molar-refractivity contribution in [3.63, 3.8) is 0 Å². The second-order valence-corrected chi connectivity index (χ2v) is 8.59. The molecule has 4 rings (SSSR count). The lowest BCUT2D eigenvalue weighted by molar-refractivity contribution is -0.122. The molecule has 0 aliphatic carbocycles. The van der Waals surface area contributed by atoms with Gasteiger partial charge in [-0.2, -0.15) is 0 Å². The Morgan fingerprint density at radius 1 is 0.900 bits per heavy atom. The van der Waals surface area contributed by atoms with Crippen LogP contribution in [0.1, 0.15) is 16.7 Å². The number of thiocarbonyl (C=S) groups is 1. The summed E-state index contributed by atoms with van der Waals surface area (Å²) in [5.41, 5.74) is 3.23. The molecule has 0 saturated carbocycles. The zero-order chi connectivity index (χ0) is 20.8. The SMILES string of the molecule is O=C1/C(=C/c2cccc(OCc3ccccc3)c2)SC(=S)N1CCc1ccccc1. The Hall–Kier alpha value is -2.89. The van der Waals surface area contributed by atoms with Gasteiger partial charge in [0.15, 0.2) is 0 Å². The van der Waals surface area contributed by atoms with Gasteiger partial charge in [-0.1, -0.05) is 96.8 Å². The van der Waals surface area contributed by atoms with Crippen LogP contribution < -0.4 is 4.74 Å². The van der Waals surface area contributed by atoms with Gasteiger partial charge < -0.3 is 4.74 Å². The lowest BCUT2D eigenvalue weighted by atomic mass is 10.1. The molecule has 1 heterocycles. The van der Waals surface area contributed by atoms with Crippen LogP contribution in [0.3, 0.4) is 0 Å². The van der Waals surface area contributed by atoms with Gasteiger partial charge in [-0.05, 0) is 41.3 Å². The Bertz CT molecular complexity index is 1060. The average molecular weight is 432 g/mol. The standard InChI is InChI=1S/C25H21NO2S2/c27-24-23(30-25(29)26(24)15-14-19-8-3-1-4-9-19)17-21-12-7-13-22(16-21)28-18-20-10-5-2-6-11-20/h1-13,16-17H,14-15,18H2/b23-17-. The zero-order valence-corrected chi connectivity index (χ0v) is 18.0. The summed E-state index contributed by atoms with van der Waals surface area (Å²) < 4.78 is 6.51. The minimum atomic E-state index is -0.0310. The largest absolute Gasteiger partial charge is 0.489 e. The molecule has 0 atom stereocenters. The van der Waals surface area contributed by atoms with E-state index in [1.165, 1.54) is 17.3 Å². The number of benzene rings is 3. The average Bonchev–Trinajstić information content (AvgIpc) is 3.05. The van der Waals surface area contributed by atoms with Gasteiger partial charge in [0.1, 0.15) is 16.7 Å². The quantitative estimate of drug-likeness (QED) is 0.354. The summed E-state index contributed by atoms with van der Waals surface area (Å²) >= 11 is 6.81. The predicted molar refractivity (Wildman–Crippen MR) is 127 cm³/mol.